The first kappa shape index (κ1) is 13.1. The molecule has 0 saturated heterocycles. The highest BCUT2D eigenvalue weighted by atomic mass is 35.5. The molecule has 1 aliphatic rings. The highest BCUT2D eigenvalue weighted by molar-refractivity contribution is 6.30. The Morgan fingerprint density at radius 2 is 1.80 bits per heavy atom. The third-order valence-corrected chi connectivity index (χ3v) is 3.60. The topological polar surface area (TPSA) is 75.9 Å². The maximum Gasteiger partial charge on any atom is 0.148 e. The van der Waals surface area contributed by atoms with E-state index in [-0.39, 0.29) is 0 Å². The maximum atomic E-state index is 5.89. The minimum atomic E-state index is 0.466. The van der Waals surface area contributed by atoms with Crippen molar-refractivity contribution in [2.24, 2.45) is 5.84 Å². The summed E-state index contributed by atoms with van der Waals surface area (Å²) >= 11 is 5.89. The maximum absolute atomic E-state index is 5.89. The van der Waals surface area contributed by atoms with Crippen LogP contribution >= 0.6 is 11.6 Å². The van der Waals surface area contributed by atoms with Crippen LogP contribution in [0.5, 0.6) is 0 Å². The van der Waals surface area contributed by atoms with E-state index in [1.807, 2.05) is 31.2 Å². The van der Waals surface area contributed by atoms with Crippen LogP contribution in [0.3, 0.4) is 0 Å². The summed E-state index contributed by atoms with van der Waals surface area (Å²) in [6.07, 6.45) is 2.29. The Morgan fingerprint density at radius 3 is 2.40 bits per heavy atom. The molecule has 5 nitrogen and oxygen atoms in total. The van der Waals surface area contributed by atoms with Crippen LogP contribution in [-0.2, 0) is 0 Å². The third-order valence-electron chi connectivity index (χ3n) is 3.35. The fourth-order valence-electron chi connectivity index (χ4n) is 1.99. The van der Waals surface area contributed by atoms with E-state index >= 15 is 0 Å². The predicted octanol–water partition coefficient (Wildman–Crippen LogP) is 3.35. The Kier molecular flexibility index (Phi) is 3.46. The van der Waals surface area contributed by atoms with Crippen molar-refractivity contribution in [1.29, 1.82) is 0 Å². The van der Waals surface area contributed by atoms with Gasteiger partial charge in [0.25, 0.3) is 0 Å². The molecular formula is C14H16ClN5. The number of hydrogen-bond donors (Lipinski definition) is 3. The molecule has 0 aliphatic heterocycles. The molecule has 0 radical (unpaired) electrons. The van der Waals surface area contributed by atoms with E-state index in [1.54, 1.807) is 0 Å². The van der Waals surface area contributed by atoms with Crippen molar-refractivity contribution in [2.75, 3.05) is 10.7 Å². The normalized spacial score (nSPS) is 14.2. The van der Waals surface area contributed by atoms with Crippen LogP contribution in [-0.4, -0.2) is 9.97 Å². The fourth-order valence-corrected chi connectivity index (χ4v) is 2.12. The third kappa shape index (κ3) is 2.69. The molecule has 1 saturated carbocycles. The number of nitrogen functional groups attached to an aromatic ring is 1. The summed E-state index contributed by atoms with van der Waals surface area (Å²) in [6.45, 7) is 1.93. The molecule has 0 unspecified atom stereocenters. The van der Waals surface area contributed by atoms with Gasteiger partial charge in [-0.25, -0.2) is 15.8 Å². The van der Waals surface area contributed by atoms with Crippen molar-refractivity contribution in [3.05, 3.63) is 40.7 Å². The van der Waals surface area contributed by atoms with Crippen molar-refractivity contribution >= 4 is 28.9 Å². The van der Waals surface area contributed by atoms with Gasteiger partial charge in [0.1, 0.15) is 17.5 Å². The first-order chi connectivity index (χ1) is 9.67. The lowest BCUT2D eigenvalue weighted by Gasteiger charge is -2.13. The molecule has 20 heavy (non-hydrogen) atoms. The molecular weight excluding hydrogens is 274 g/mol. The van der Waals surface area contributed by atoms with Crippen LogP contribution < -0.4 is 16.6 Å². The zero-order valence-electron chi connectivity index (χ0n) is 11.2. The lowest BCUT2D eigenvalue weighted by molar-refractivity contribution is 0.920. The van der Waals surface area contributed by atoms with Crippen LogP contribution in [0.15, 0.2) is 24.3 Å². The van der Waals surface area contributed by atoms with Gasteiger partial charge in [-0.2, -0.15) is 0 Å². The molecule has 0 bridgehead atoms. The average molecular weight is 290 g/mol. The number of nitrogens with two attached hydrogens (primary N) is 1. The van der Waals surface area contributed by atoms with Gasteiger partial charge in [0.15, 0.2) is 0 Å². The van der Waals surface area contributed by atoms with E-state index in [0.29, 0.717) is 16.8 Å². The minimum Gasteiger partial charge on any atom is -0.340 e. The van der Waals surface area contributed by atoms with Crippen molar-refractivity contribution in [3.8, 4) is 0 Å². The molecule has 4 N–H and O–H groups in total. The molecule has 0 amide bonds. The summed E-state index contributed by atoms with van der Waals surface area (Å²) in [6, 6.07) is 7.50. The number of rotatable bonds is 4. The molecule has 1 heterocycles. The van der Waals surface area contributed by atoms with Crippen LogP contribution in [0.4, 0.5) is 17.3 Å². The number of hydrazine groups is 1. The second kappa shape index (κ2) is 5.26. The number of hydrogen-bond acceptors (Lipinski definition) is 5. The van der Waals surface area contributed by atoms with Gasteiger partial charge in [-0.15, -0.1) is 0 Å². The van der Waals surface area contributed by atoms with Gasteiger partial charge in [-0.3, -0.25) is 0 Å². The van der Waals surface area contributed by atoms with Crippen molar-refractivity contribution < 1.29 is 0 Å². The summed E-state index contributed by atoms with van der Waals surface area (Å²) in [5.74, 6) is 8.29. The molecule has 104 valence electrons. The van der Waals surface area contributed by atoms with Gasteiger partial charge >= 0.3 is 0 Å². The number of benzene rings is 1. The summed E-state index contributed by atoms with van der Waals surface area (Å²) in [5.41, 5.74) is 4.47. The molecule has 6 heteroatoms. The standard InChI is InChI=1S/C14H16ClN5/c1-8-12(17-11-6-4-10(15)5-7-11)18-14(9-2-3-9)19-13(8)20-16/h4-7,9H,2-3,16H2,1H3,(H2,17,18,19,20). The second-order valence-electron chi connectivity index (χ2n) is 4.95. The van der Waals surface area contributed by atoms with Crippen molar-refractivity contribution in [3.63, 3.8) is 0 Å². The van der Waals surface area contributed by atoms with Crippen LogP contribution in [0.1, 0.15) is 30.1 Å². The van der Waals surface area contributed by atoms with E-state index in [9.17, 15) is 0 Å². The molecule has 1 aromatic heterocycles. The Balaban J connectivity index is 1.94. The first-order valence-corrected chi connectivity index (χ1v) is 6.93. The highest BCUT2D eigenvalue weighted by Gasteiger charge is 2.28. The lowest BCUT2D eigenvalue weighted by Crippen LogP contribution is -2.13. The predicted molar refractivity (Wildman–Crippen MR) is 81.3 cm³/mol. The minimum absolute atomic E-state index is 0.466. The summed E-state index contributed by atoms with van der Waals surface area (Å²) in [7, 11) is 0. The second-order valence-corrected chi connectivity index (χ2v) is 5.39. The molecule has 3 rings (SSSR count). The van der Waals surface area contributed by atoms with Gasteiger partial charge in [0.05, 0.1) is 0 Å². The van der Waals surface area contributed by atoms with E-state index in [2.05, 4.69) is 20.7 Å². The first-order valence-electron chi connectivity index (χ1n) is 6.55. The van der Waals surface area contributed by atoms with E-state index in [4.69, 9.17) is 17.4 Å². The molecule has 1 aromatic carbocycles. The van der Waals surface area contributed by atoms with E-state index in [1.165, 1.54) is 0 Å². The average Bonchev–Trinajstić information content (AvgIpc) is 3.28. The Bertz CT molecular complexity index is 622. The summed E-state index contributed by atoms with van der Waals surface area (Å²) in [4.78, 5) is 9.07. The molecule has 0 spiro atoms. The SMILES string of the molecule is Cc1c(NN)nc(C2CC2)nc1Nc1ccc(Cl)cc1. The summed E-state index contributed by atoms with van der Waals surface area (Å²) < 4.78 is 0. The van der Waals surface area contributed by atoms with Gasteiger partial charge in [-0.1, -0.05) is 11.6 Å². The van der Waals surface area contributed by atoms with Crippen LogP contribution in [0.25, 0.3) is 0 Å². The zero-order valence-corrected chi connectivity index (χ0v) is 11.9. The highest BCUT2D eigenvalue weighted by Crippen LogP contribution is 2.39. The number of anilines is 3. The number of aromatic nitrogens is 2. The zero-order chi connectivity index (χ0) is 14.1. The molecule has 2 aromatic rings. The van der Waals surface area contributed by atoms with E-state index in [0.717, 1.165) is 35.7 Å². The number of nitrogens with zero attached hydrogens (tertiary/aromatic N) is 2. The van der Waals surface area contributed by atoms with Gasteiger partial charge in [0, 0.05) is 22.2 Å². The lowest BCUT2D eigenvalue weighted by atomic mass is 10.2. The molecule has 1 aliphatic carbocycles. The Hall–Kier alpha value is -1.85. The van der Waals surface area contributed by atoms with Crippen LogP contribution in [0.2, 0.25) is 5.02 Å². The Labute approximate surface area is 122 Å². The van der Waals surface area contributed by atoms with Gasteiger partial charge in [-0.05, 0) is 44.0 Å². The van der Waals surface area contributed by atoms with Crippen molar-refractivity contribution in [2.45, 2.75) is 25.7 Å². The number of halogens is 1. The molecule has 0 atom stereocenters. The van der Waals surface area contributed by atoms with Gasteiger partial charge < -0.3 is 10.7 Å². The Morgan fingerprint density at radius 1 is 1.15 bits per heavy atom. The summed E-state index contributed by atoms with van der Waals surface area (Å²) in [5, 5.41) is 4.00. The molecule has 1 fully saturated rings. The number of nitrogens with one attached hydrogen (secondary N) is 2. The monoisotopic (exact) mass is 289 g/mol. The smallest absolute Gasteiger partial charge is 0.148 e. The van der Waals surface area contributed by atoms with Crippen LogP contribution in [0, 0.1) is 6.92 Å². The largest absolute Gasteiger partial charge is 0.340 e. The van der Waals surface area contributed by atoms with E-state index < -0.39 is 0 Å². The van der Waals surface area contributed by atoms with Gasteiger partial charge in [0.2, 0.25) is 0 Å². The fraction of sp³-hybridized carbons (Fsp3) is 0.286. The van der Waals surface area contributed by atoms with Crippen molar-refractivity contribution in [1.82, 2.24) is 9.97 Å². The quantitative estimate of drug-likeness (QED) is 0.594.